The van der Waals surface area contributed by atoms with Crippen LogP contribution in [0.5, 0.6) is 17.2 Å². The topological polar surface area (TPSA) is 99.0 Å². The maximum Gasteiger partial charge on any atom is 0.258 e. The van der Waals surface area contributed by atoms with Gasteiger partial charge < -0.3 is 19.5 Å². The standard InChI is InChI=1S/C27H35N5O4/c1-9-32-19(5)22(18(4)31-32)15-28-27(29-21-11-16(2)10-17(3)12-21)30-26(33)20-13-23(34-6)25(36-8)24(14-20)35-7/h10-14H,9,15H2,1-8H3,(H2,28,29,30,33). The van der Waals surface area contributed by atoms with Crippen LogP contribution in [0.25, 0.3) is 0 Å². The molecule has 0 aliphatic carbocycles. The fraction of sp³-hybridized carbons (Fsp3) is 0.370. The molecule has 2 N–H and O–H groups in total. The Bertz CT molecular complexity index is 1230. The third-order valence-electron chi connectivity index (χ3n) is 5.87. The summed E-state index contributed by atoms with van der Waals surface area (Å²) in [6.45, 7) is 11.2. The molecule has 3 rings (SSSR count). The first-order valence-corrected chi connectivity index (χ1v) is 11.7. The highest BCUT2D eigenvalue weighted by molar-refractivity contribution is 6.10. The van der Waals surface area contributed by atoms with Gasteiger partial charge in [0.2, 0.25) is 11.7 Å². The number of anilines is 1. The quantitative estimate of drug-likeness (QED) is 0.353. The van der Waals surface area contributed by atoms with Crippen LogP contribution in [0.4, 0.5) is 5.69 Å². The van der Waals surface area contributed by atoms with Crippen molar-refractivity contribution in [1.29, 1.82) is 0 Å². The van der Waals surface area contributed by atoms with Crippen molar-refractivity contribution in [3.63, 3.8) is 0 Å². The molecule has 0 spiro atoms. The van der Waals surface area contributed by atoms with Gasteiger partial charge in [-0.25, -0.2) is 4.99 Å². The summed E-state index contributed by atoms with van der Waals surface area (Å²) in [4.78, 5) is 18.0. The van der Waals surface area contributed by atoms with E-state index in [1.807, 2.05) is 44.5 Å². The summed E-state index contributed by atoms with van der Waals surface area (Å²) in [6, 6.07) is 9.29. The molecule has 1 amide bonds. The third kappa shape index (κ3) is 5.97. The number of aliphatic imine (C=N–C) groups is 1. The number of aryl methyl sites for hydroxylation is 4. The molecule has 192 valence electrons. The van der Waals surface area contributed by atoms with Crippen LogP contribution in [0.2, 0.25) is 0 Å². The van der Waals surface area contributed by atoms with Gasteiger partial charge >= 0.3 is 0 Å². The molecule has 2 aromatic carbocycles. The van der Waals surface area contributed by atoms with Crippen LogP contribution in [0, 0.1) is 27.7 Å². The number of carbonyl (C=O) groups excluding carboxylic acids is 1. The minimum atomic E-state index is -0.373. The molecular formula is C27H35N5O4. The molecule has 0 radical (unpaired) electrons. The van der Waals surface area contributed by atoms with E-state index in [-0.39, 0.29) is 5.91 Å². The van der Waals surface area contributed by atoms with Crippen LogP contribution < -0.4 is 24.8 Å². The molecule has 1 heterocycles. The lowest BCUT2D eigenvalue weighted by Gasteiger charge is -2.16. The molecule has 0 aliphatic heterocycles. The minimum absolute atomic E-state index is 0.321. The van der Waals surface area contributed by atoms with Crippen LogP contribution >= 0.6 is 0 Å². The van der Waals surface area contributed by atoms with E-state index in [0.29, 0.717) is 35.3 Å². The molecule has 0 atom stereocenters. The van der Waals surface area contributed by atoms with Gasteiger partial charge in [0.05, 0.1) is 33.6 Å². The number of hydrogen-bond acceptors (Lipinski definition) is 6. The van der Waals surface area contributed by atoms with E-state index in [1.54, 1.807) is 12.1 Å². The summed E-state index contributed by atoms with van der Waals surface area (Å²) < 4.78 is 18.1. The second-order valence-corrected chi connectivity index (χ2v) is 8.50. The SMILES string of the molecule is CCn1nc(C)c(CN=C(NC(=O)c2cc(OC)c(OC)c(OC)c2)Nc2cc(C)cc(C)c2)c1C. The Morgan fingerprint density at radius 1 is 0.944 bits per heavy atom. The number of rotatable bonds is 8. The number of benzene rings is 2. The summed E-state index contributed by atoms with van der Waals surface area (Å²) in [5.41, 5.74) is 6.37. The van der Waals surface area contributed by atoms with Crippen LogP contribution in [0.15, 0.2) is 35.3 Å². The van der Waals surface area contributed by atoms with E-state index < -0.39 is 0 Å². The Balaban J connectivity index is 1.97. The second kappa shape index (κ2) is 11.6. The maximum atomic E-state index is 13.3. The molecule has 3 aromatic rings. The van der Waals surface area contributed by atoms with Crippen LogP contribution in [0.3, 0.4) is 0 Å². The zero-order chi connectivity index (χ0) is 26.4. The molecule has 0 aliphatic rings. The number of methoxy groups -OCH3 is 3. The van der Waals surface area contributed by atoms with E-state index >= 15 is 0 Å². The number of guanidine groups is 1. The zero-order valence-corrected chi connectivity index (χ0v) is 22.3. The predicted molar refractivity (Wildman–Crippen MR) is 142 cm³/mol. The molecule has 36 heavy (non-hydrogen) atoms. The highest BCUT2D eigenvalue weighted by Crippen LogP contribution is 2.38. The second-order valence-electron chi connectivity index (χ2n) is 8.50. The van der Waals surface area contributed by atoms with E-state index in [4.69, 9.17) is 19.2 Å². The number of amides is 1. The highest BCUT2D eigenvalue weighted by Gasteiger charge is 2.19. The summed E-state index contributed by atoms with van der Waals surface area (Å²) in [5, 5.41) is 10.8. The Morgan fingerprint density at radius 3 is 2.06 bits per heavy atom. The molecule has 0 unspecified atom stereocenters. The third-order valence-corrected chi connectivity index (χ3v) is 5.87. The summed E-state index contributed by atoms with van der Waals surface area (Å²) in [6.07, 6.45) is 0. The lowest BCUT2D eigenvalue weighted by atomic mass is 10.1. The summed E-state index contributed by atoms with van der Waals surface area (Å²) in [5.74, 6) is 1.14. The Labute approximate surface area is 212 Å². The Hall–Kier alpha value is -4.01. The average molecular weight is 494 g/mol. The van der Waals surface area contributed by atoms with E-state index in [2.05, 4.69) is 28.7 Å². The van der Waals surface area contributed by atoms with Crippen molar-refractivity contribution in [3.05, 3.63) is 64.0 Å². The van der Waals surface area contributed by atoms with Gasteiger partial charge in [0.1, 0.15) is 0 Å². The molecule has 0 bridgehead atoms. The number of nitrogens with zero attached hydrogens (tertiary/aromatic N) is 3. The Morgan fingerprint density at radius 2 is 1.56 bits per heavy atom. The van der Waals surface area contributed by atoms with Crippen molar-refractivity contribution in [2.75, 3.05) is 26.6 Å². The van der Waals surface area contributed by atoms with Crippen molar-refractivity contribution in [3.8, 4) is 17.2 Å². The first kappa shape index (κ1) is 26.6. The minimum Gasteiger partial charge on any atom is -0.493 e. The summed E-state index contributed by atoms with van der Waals surface area (Å²) >= 11 is 0. The zero-order valence-electron chi connectivity index (χ0n) is 22.3. The molecule has 0 fully saturated rings. The fourth-order valence-electron chi connectivity index (χ4n) is 4.11. The van der Waals surface area contributed by atoms with Gasteiger partial charge in [0.15, 0.2) is 11.5 Å². The van der Waals surface area contributed by atoms with Gasteiger partial charge in [-0.3, -0.25) is 14.8 Å². The maximum absolute atomic E-state index is 13.3. The van der Waals surface area contributed by atoms with E-state index in [9.17, 15) is 4.79 Å². The molecule has 1 aromatic heterocycles. The van der Waals surface area contributed by atoms with Crippen LogP contribution in [-0.4, -0.2) is 43.0 Å². The Kier molecular flexibility index (Phi) is 8.58. The van der Waals surface area contributed by atoms with Gasteiger partial charge in [-0.1, -0.05) is 6.07 Å². The van der Waals surface area contributed by atoms with Crippen molar-refractivity contribution in [2.45, 2.75) is 47.7 Å². The molecule has 0 saturated heterocycles. The van der Waals surface area contributed by atoms with Gasteiger partial charge in [0.25, 0.3) is 5.91 Å². The largest absolute Gasteiger partial charge is 0.493 e. The lowest BCUT2D eigenvalue weighted by molar-refractivity contribution is 0.0976. The van der Waals surface area contributed by atoms with Gasteiger partial charge in [-0.05, 0) is 70.0 Å². The first-order chi connectivity index (χ1) is 17.2. The van der Waals surface area contributed by atoms with Crippen molar-refractivity contribution in [1.82, 2.24) is 15.1 Å². The fourth-order valence-corrected chi connectivity index (χ4v) is 4.11. The molecule has 0 saturated carbocycles. The lowest BCUT2D eigenvalue weighted by Crippen LogP contribution is -2.36. The smallest absolute Gasteiger partial charge is 0.258 e. The average Bonchev–Trinajstić information content (AvgIpc) is 3.12. The van der Waals surface area contributed by atoms with Gasteiger partial charge in [-0.15, -0.1) is 0 Å². The number of aromatic nitrogens is 2. The number of ether oxygens (including phenoxy) is 3. The first-order valence-electron chi connectivity index (χ1n) is 11.7. The van der Waals surface area contributed by atoms with Crippen molar-refractivity contribution >= 4 is 17.6 Å². The van der Waals surface area contributed by atoms with E-state index in [0.717, 1.165) is 40.3 Å². The van der Waals surface area contributed by atoms with Crippen LogP contribution in [0.1, 0.15) is 45.4 Å². The predicted octanol–water partition coefficient (Wildman–Crippen LogP) is 4.56. The number of nitrogens with one attached hydrogen (secondary N) is 2. The normalized spacial score (nSPS) is 11.3. The van der Waals surface area contributed by atoms with Crippen LogP contribution in [-0.2, 0) is 13.1 Å². The molecule has 9 nitrogen and oxygen atoms in total. The van der Waals surface area contributed by atoms with Crippen molar-refractivity contribution < 1.29 is 19.0 Å². The molecular weight excluding hydrogens is 458 g/mol. The number of carbonyl (C=O) groups is 1. The monoisotopic (exact) mass is 493 g/mol. The van der Waals surface area contributed by atoms with Gasteiger partial charge in [-0.2, -0.15) is 5.10 Å². The summed E-state index contributed by atoms with van der Waals surface area (Å²) in [7, 11) is 4.53. The van der Waals surface area contributed by atoms with Crippen molar-refractivity contribution in [2.24, 2.45) is 4.99 Å². The van der Waals surface area contributed by atoms with E-state index in [1.165, 1.54) is 21.3 Å². The molecule has 9 heteroatoms. The highest BCUT2D eigenvalue weighted by atomic mass is 16.5. The number of hydrogen-bond donors (Lipinski definition) is 2. The van der Waals surface area contributed by atoms with Gasteiger partial charge in [0, 0.05) is 29.1 Å².